The number of hydrogen-bond donors (Lipinski definition) is 0. The minimum Gasteiger partial charge on any atom is -0.464 e. The van der Waals surface area contributed by atoms with Gasteiger partial charge in [-0.3, -0.25) is 0 Å². The summed E-state index contributed by atoms with van der Waals surface area (Å²) in [6, 6.07) is 7.94. The SMILES string of the molecule is COCc1ccc(Cn2ncc(C(=O)OC)n2)cc1. The van der Waals surface area contributed by atoms with Crippen molar-refractivity contribution in [2.45, 2.75) is 13.2 Å². The Morgan fingerprint density at radius 3 is 2.53 bits per heavy atom. The molecule has 6 nitrogen and oxygen atoms in total. The Kier molecular flexibility index (Phi) is 4.25. The number of aromatic nitrogens is 3. The first-order chi connectivity index (χ1) is 9.22. The maximum Gasteiger partial charge on any atom is 0.360 e. The lowest BCUT2D eigenvalue weighted by molar-refractivity contribution is 0.0593. The molecular formula is C13H15N3O3. The zero-order valence-corrected chi connectivity index (χ0v) is 10.9. The maximum atomic E-state index is 11.2. The summed E-state index contributed by atoms with van der Waals surface area (Å²) in [6.07, 6.45) is 1.39. The fraction of sp³-hybridized carbons (Fsp3) is 0.308. The average Bonchev–Trinajstić information content (AvgIpc) is 2.89. The fourth-order valence-corrected chi connectivity index (χ4v) is 1.64. The number of benzene rings is 1. The van der Waals surface area contributed by atoms with Gasteiger partial charge in [-0.2, -0.15) is 9.90 Å². The van der Waals surface area contributed by atoms with Gasteiger partial charge in [0.2, 0.25) is 0 Å². The van der Waals surface area contributed by atoms with E-state index < -0.39 is 5.97 Å². The molecule has 0 saturated carbocycles. The first-order valence-electron chi connectivity index (χ1n) is 5.78. The second-order valence-corrected chi connectivity index (χ2v) is 4.00. The summed E-state index contributed by atoms with van der Waals surface area (Å²) >= 11 is 0. The summed E-state index contributed by atoms with van der Waals surface area (Å²) in [5.41, 5.74) is 2.36. The molecule has 19 heavy (non-hydrogen) atoms. The molecule has 0 fully saturated rings. The van der Waals surface area contributed by atoms with Crippen LogP contribution in [0.3, 0.4) is 0 Å². The standard InChI is InChI=1S/C13H15N3O3/c1-18-9-11-5-3-10(4-6-11)8-16-14-7-12(15-16)13(17)19-2/h3-7H,8-9H2,1-2H3. The molecule has 1 aromatic heterocycles. The summed E-state index contributed by atoms with van der Waals surface area (Å²) in [5.74, 6) is -0.485. The molecule has 0 aliphatic rings. The van der Waals surface area contributed by atoms with Gasteiger partial charge < -0.3 is 9.47 Å². The molecule has 0 unspecified atom stereocenters. The number of rotatable bonds is 5. The van der Waals surface area contributed by atoms with Crippen LogP contribution >= 0.6 is 0 Å². The van der Waals surface area contributed by atoms with Crippen molar-refractivity contribution >= 4 is 5.97 Å². The van der Waals surface area contributed by atoms with Gasteiger partial charge in [-0.25, -0.2) is 4.79 Å². The highest BCUT2D eigenvalue weighted by atomic mass is 16.5. The lowest BCUT2D eigenvalue weighted by Gasteiger charge is -2.03. The minimum atomic E-state index is -0.485. The van der Waals surface area contributed by atoms with Crippen molar-refractivity contribution in [2.75, 3.05) is 14.2 Å². The third kappa shape index (κ3) is 3.38. The van der Waals surface area contributed by atoms with Crippen molar-refractivity contribution in [3.63, 3.8) is 0 Å². The van der Waals surface area contributed by atoms with Crippen LogP contribution in [0.15, 0.2) is 30.5 Å². The van der Waals surface area contributed by atoms with Crippen LogP contribution < -0.4 is 0 Å². The Morgan fingerprint density at radius 1 is 1.21 bits per heavy atom. The second kappa shape index (κ2) is 6.10. The number of carbonyl (C=O) groups is 1. The number of nitrogens with zero attached hydrogens (tertiary/aromatic N) is 3. The van der Waals surface area contributed by atoms with E-state index in [0.29, 0.717) is 13.2 Å². The second-order valence-electron chi connectivity index (χ2n) is 4.00. The van der Waals surface area contributed by atoms with Gasteiger partial charge in [0.25, 0.3) is 0 Å². The highest BCUT2D eigenvalue weighted by molar-refractivity contribution is 5.86. The molecule has 1 heterocycles. The summed E-state index contributed by atoms with van der Waals surface area (Å²) in [5, 5.41) is 8.06. The van der Waals surface area contributed by atoms with Crippen molar-refractivity contribution < 1.29 is 14.3 Å². The van der Waals surface area contributed by atoms with E-state index in [0.717, 1.165) is 11.1 Å². The van der Waals surface area contributed by atoms with Crippen molar-refractivity contribution in [2.24, 2.45) is 0 Å². The van der Waals surface area contributed by atoms with Crippen molar-refractivity contribution in [3.05, 3.63) is 47.3 Å². The fourth-order valence-electron chi connectivity index (χ4n) is 1.64. The van der Waals surface area contributed by atoms with E-state index in [1.807, 2.05) is 24.3 Å². The van der Waals surface area contributed by atoms with Crippen molar-refractivity contribution in [3.8, 4) is 0 Å². The Labute approximate surface area is 110 Å². The molecule has 6 heteroatoms. The van der Waals surface area contributed by atoms with Gasteiger partial charge in [0, 0.05) is 7.11 Å². The molecule has 0 amide bonds. The molecule has 2 rings (SSSR count). The Balaban J connectivity index is 2.04. The van der Waals surface area contributed by atoms with E-state index in [1.165, 1.54) is 18.1 Å². The zero-order chi connectivity index (χ0) is 13.7. The summed E-state index contributed by atoms with van der Waals surface area (Å²) in [7, 11) is 2.98. The molecule has 0 saturated heterocycles. The van der Waals surface area contributed by atoms with Crippen LogP contribution in [0.4, 0.5) is 0 Å². The highest BCUT2D eigenvalue weighted by Gasteiger charge is 2.10. The molecule has 100 valence electrons. The van der Waals surface area contributed by atoms with E-state index >= 15 is 0 Å². The molecule has 0 aliphatic carbocycles. The van der Waals surface area contributed by atoms with Crippen molar-refractivity contribution in [1.29, 1.82) is 0 Å². The lowest BCUT2D eigenvalue weighted by atomic mass is 10.1. The van der Waals surface area contributed by atoms with Gasteiger partial charge in [0.15, 0.2) is 5.69 Å². The van der Waals surface area contributed by atoms with Gasteiger partial charge >= 0.3 is 5.97 Å². The maximum absolute atomic E-state index is 11.2. The summed E-state index contributed by atoms with van der Waals surface area (Å²) in [4.78, 5) is 12.7. The van der Waals surface area contributed by atoms with E-state index in [2.05, 4.69) is 14.9 Å². The molecule has 0 N–H and O–H groups in total. The van der Waals surface area contributed by atoms with Crippen LogP contribution in [-0.4, -0.2) is 35.2 Å². The molecule has 0 aliphatic heterocycles. The van der Waals surface area contributed by atoms with E-state index in [4.69, 9.17) is 4.74 Å². The number of carbonyl (C=O) groups excluding carboxylic acids is 1. The van der Waals surface area contributed by atoms with Gasteiger partial charge in [-0.1, -0.05) is 24.3 Å². The minimum absolute atomic E-state index is 0.207. The number of esters is 1. The molecule has 2 aromatic rings. The average molecular weight is 261 g/mol. The van der Waals surface area contributed by atoms with E-state index in [1.54, 1.807) is 7.11 Å². The van der Waals surface area contributed by atoms with Gasteiger partial charge in [0.1, 0.15) is 0 Å². The molecule has 0 atom stereocenters. The number of ether oxygens (including phenoxy) is 2. The van der Waals surface area contributed by atoms with Crippen molar-refractivity contribution in [1.82, 2.24) is 15.0 Å². The summed E-state index contributed by atoms with van der Waals surface area (Å²) in [6.45, 7) is 1.09. The lowest BCUT2D eigenvalue weighted by Crippen LogP contribution is -2.07. The predicted octanol–water partition coefficient (Wildman–Crippen LogP) is 1.26. The van der Waals surface area contributed by atoms with Gasteiger partial charge in [0.05, 0.1) is 26.5 Å². The molecule has 0 bridgehead atoms. The van der Waals surface area contributed by atoms with Crippen LogP contribution in [0, 0.1) is 0 Å². The topological polar surface area (TPSA) is 66.2 Å². The van der Waals surface area contributed by atoms with E-state index in [-0.39, 0.29) is 5.69 Å². The quantitative estimate of drug-likeness (QED) is 0.758. The van der Waals surface area contributed by atoms with Crippen LogP contribution in [0.2, 0.25) is 0 Å². The zero-order valence-electron chi connectivity index (χ0n) is 10.9. The molecule has 0 radical (unpaired) electrons. The third-order valence-corrected chi connectivity index (χ3v) is 2.59. The van der Waals surface area contributed by atoms with Gasteiger partial charge in [-0.15, -0.1) is 5.10 Å². The van der Waals surface area contributed by atoms with Gasteiger partial charge in [-0.05, 0) is 11.1 Å². The number of methoxy groups -OCH3 is 2. The van der Waals surface area contributed by atoms with Crippen LogP contribution in [0.1, 0.15) is 21.6 Å². The summed E-state index contributed by atoms with van der Waals surface area (Å²) < 4.78 is 9.62. The smallest absolute Gasteiger partial charge is 0.360 e. The third-order valence-electron chi connectivity index (χ3n) is 2.59. The highest BCUT2D eigenvalue weighted by Crippen LogP contribution is 2.07. The number of hydrogen-bond acceptors (Lipinski definition) is 5. The monoisotopic (exact) mass is 261 g/mol. The first-order valence-corrected chi connectivity index (χ1v) is 5.78. The van der Waals surface area contributed by atoms with Crippen LogP contribution in [0.25, 0.3) is 0 Å². The Bertz CT molecular complexity index is 549. The molecule has 0 spiro atoms. The van der Waals surface area contributed by atoms with Crippen LogP contribution in [0.5, 0.6) is 0 Å². The van der Waals surface area contributed by atoms with E-state index in [9.17, 15) is 4.79 Å². The molecular weight excluding hydrogens is 246 g/mol. The Hall–Kier alpha value is -2.21. The van der Waals surface area contributed by atoms with Crippen LogP contribution in [-0.2, 0) is 22.6 Å². The first kappa shape index (κ1) is 13.2. The molecule has 1 aromatic carbocycles. The predicted molar refractivity (Wildman–Crippen MR) is 67.6 cm³/mol. The Morgan fingerprint density at radius 2 is 1.89 bits per heavy atom. The largest absolute Gasteiger partial charge is 0.464 e. The normalized spacial score (nSPS) is 10.4.